The molecule has 0 aromatic carbocycles. The molecule has 1 fully saturated rings. The molecule has 0 N–H and O–H groups in total. The minimum atomic E-state index is -4.34. The Hall–Kier alpha value is -1.18. The van der Waals surface area contributed by atoms with E-state index in [9.17, 15) is 18.0 Å². The number of hydrogen-bond donors (Lipinski definition) is 0. The quantitative estimate of drug-likeness (QED) is 0.632. The number of aryl methyl sites for hydroxylation is 1. The number of likely N-dealkylation sites (tertiary alicyclic amines) is 1. The van der Waals surface area contributed by atoms with Crippen molar-refractivity contribution in [2.75, 3.05) is 18.8 Å². The lowest BCUT2D eigenvalue weighted by Crippen LogP contribution is -2.63. The van der Waals surface area contributed by atoms with Gasteiger partial charge in [0.2, 0.25) is 5.91 Å². The normalized spacial score (nSPS) is 23.6. The Morgan fingerprint density at radius 3 is 2.74 bits per heavy atom. The van der Waals surface area contributed by atoms with E-state index in [1.54, 1.807) is 13.8 Å². The third-order valence-electron chi connectivity index (χ3n) is 2.83. The molecule has 2 heterocycles. The van der Waals surface area contributed by atoms with E-state index >= 15 is 0 Å². The second-order valence-electron chi connectivity index (χ2n) is 4.88. The number of hydrogen-bond acceptors (Lipinski definition) is 4. The van der Waals surface area contributed by atoms with Gasteiger partial charge < -0.3 is 9.32 Å². The number of β-lactam (4-membered cyclic amide) rings is 1. The van der Waals surface area contributed by atoms with Crippen LogP contribution >= 0.6 is 11.8 Å². The predicted octanol–water partition coefficient (Wildman–Crippen LogP) is 2.49. The van der Waals surface area contributed by atoms with Crippen molar-refractivity contribution in [1.29, 1.82) is 0 Å². The molecule has 8 heteroatoms. The largest absolute Gasteiger partial charge is 0.440 e. The van der Waals surface area contributed by atoms with Gasteiger partial charge in [-0.15, -0.1) is 0 Å². The summed E-state index contributed by atoms with van der Waals surface area (Å²) < 4.78 is 41.7. The summed E-state index contributed by atoms with van der Waals surface area (Å²) in [6.07, 6.45) is -2.85. The maximum Gasteiger partial charge on any atom is 0.406 e. The lowest BCUT2D eigenvalue weighted by atomic mass is 9.83. The van der Waals surface area contributed by atoms with Gasteiger partial charge in [0.15, 0.2) is 0 Å². The summed E-state index contributed by atoms with van der Waals surface area (Å²) in [5, 5.41) is 0.431. The number of oxazole rings is 1. The molecule has 1 aromatic rings. The van der Waals surface area contributed by atoms with Gasteiger partial charge in [0, 0.05) is 12.3 Å². The van der Waals surface area contributed by atoms with Gasteiger partial charge in [-0.3, -0.25) is 4.79 Å². The van der Waals surface area contributed by atoms with Crippen LogP contribution in [0, 0.1) is 12.3 Å². The van der Waals surface area contributed by atoms with Crippen molar-refractivity contribution in [2.24, 2.45) is 5.41 Å². The summed E-state index contributed by atoms with van der Waals surface area (Å²) in [7, 11) is 0. The molecule has 1 atom stereocenters. The van der Waals surface area contributed by atoms with E-state index in [-0.39, 0.29) is 6.54 Å². The zero-order chi connectivity index (χ0) is 14.3. The molecule has 0 radical (unpaired) electrons. The number of carbonyl (C=O) groups excluding carboxylic acids is 1. The van der Waals surface area contributed by atoms with Crippen LogP contribution in [0.2, 0.25) is 0 Å². The van der Waals surface area contributed by atoms with Crippen molar-refractivity contribution in [2.45, 2.75) is 25.2 Å². The predicted molar refractivity (Wildman–Crippen MR) is 62.7 cm³/mol. The fourth-order valence-corrected chi connectivity index (χ4v) is 2.90. The van der Waals surface area contributed by atoms with E-state index in [0.29, 0.717) is 11.0 Å². The molecule has 0 spiro atoms. The molecular weight excluding hydrogens is 281 g/mol. The standard InChI is InChI=1S/C11H13F3N2O2S/c1-7-3-18-9(15-7)19-6-10(2)4-16(8(10)17)5-11(12,13)14/h3H,4-6H2,1-2H3. The third kappa shape index (κ3) is 3.23. The highest BCUT2D eigenvalue weighted by atomic mass is 32.2. The van der Waals surface area contributed by atoms with E-state index in [1.165, 1.54) is 18.0 Å². The van der Waals surface area contributed by atoms with Crippen LogP contribution in [0.5, 0.6) is 0 Å². The lowest BCUT2D eigenvalue weighted by Gasteiger charge is -2.46. The van der Waals surface area contributed by atoms with Gasteiger partial charge in [-0.1, -0.05) is 11.8 Å². The van der Waals surface area contributed by atoms with Crippen LogP contribution in [0.25, 0.3) is 0 Å². The van der Waals surface area contributed by atoms with Crippen molar-refractivity contribution < 1.29 is 22.4 Å². The summed E-state index contributed by atoms with van der Waals surface area (Å²) in [6, 6.07) is 0. The molecule has 1 aliphatic heterocycles. The zero-order valence-corrected chi connectivity index (χ0v) is 11.3. The Kier molecular flexibility index (Phi) is 3.55. The number of halogens is 3. The molecule has 1 aromatic heterocycles. The van der Waals surface area contributed by atoms with Crippen LogP contribution in [0.15, 0.2) is 15.9 Å². The first kappa shape index (κ1) is 14.2. The first-order valence-corrected chi connectivity index (χ1v) is 6.59. The maximum atomic E-state index is 12.2. The van der Waals surface area contributed by atoms with Crippen LogP contribution in [0.4, 0.5) is 13.2 Å². The minimum absolute atomic E-state index is 0.109. The highest BCUT2D eigenvalue weighted by Crippen LogP contribution is 2.38. The van der Waals surface area contributed by atoms with Gasteiger partial charge in [0.1, 0.15) is 12.8 Å². The monoisotopic (exact) mass is 294 g/mol. The maximum absolute atomic E-state index is 12.2. The highest BCUT2D eigenvalue weighted by Gasteiger charge is 2.51. The molecule has 2 rings (SSSR count). The Balaban J connectivity index is 1.87. The van der Waals surface area contributed by atoms with Crippen molar-refractivity contribution >= 4 is 17.7 Å². The fraction of sp³-hybridized carbons (Fsp3) is 0.636. The van der Waals surface area contributed by atoms with Crippen molar-refractivity contribution in [1.82, 2.24) is 9.88 Å². The molecule has 1 amide bonds. The van der Waals surface area contributed by atoms with Gasteiger partial charge in [-0.25, -0.2) is 4.98 Å². The van der Waals surface area contributed by atoms with Gasteiger partial charge in [0.25, 0.3) is 5.22 Å². The Morgan fingerprint density at radius 2 is 2.26 bits per heavy atom. The van der Waals surface area contributed by atoms with Crippen LogP contribution in [0.1, 0.15) is 12.6 Å². The number of rotatable bonds is 4. The van der Waals surface area contributed by atoms with E-state index in [1.807, 2.05) is 0 Å². The number of alkyl halides is 3. The summed E-state index contributed by atoms with van der Waals surface area (Å²) in [4.78, 5) is 16.6. The van der Waals surface area contributed by atoms with Gasteiger partial charge in [0.05, 0.1) is 11.1 Å². The second-order valence-corrected chi connectivity index (χ2v) is 5.81. The Morgan fingerprint density at radius 1 is 1.58 bits per heavy atom. The topological polar surface area (TPSA) is 46.3 Å². The van der Waals surface area contributed by atoms with E-state index < -0.39 is 24.0 Å². The van der Waals surface area contributed by atoms with Gasteiger partial charge in [-0.2, -0.15) is 13.2 Å². The molecule has 0 bridgehead atoms. The SMILES string of the molecule is Cc1coc(SCC2(C)CN(CC(F)(F)F)C2=O)n1. The summed E-state index contributed by atoms with van der Waals surface area (Å²) in [6.45, 7) is 2.36. The molecule has 1 aliphatic rings. The summed E-state index contributed by atoms with van der Waals surface area (Å²) in [5.41, 5.74) is -0.0375. The molecule has 1 saturated heterocycles. The molecule has 106 valence electrons. The summed E-state index contributed by atoms with van der Waals surface area (Å²) in [5.74, 6) is -0.110. The van der Waals surface area contributed by atoms with E-state index in [4.69, 9.17) is 4.42 Å². The molecular formula is C11H13F3N2O2S. The summed E-state index contributed by atoms with van der Waals surface area (Å²) >= 11 is 1.24. The lowest BCUT2D eigenvalue weighted by molar-refractivity contribution is -0.184. The molecule has 0 saturated carbocycles. The second kappa shape index (κ2) is 4.73. The molecule has 19 heavy (non-hydrogen) atoms. The smallest absolute Gasteiger partial charge is 0.406 e. The van der Waals surface area contributed by atoms with Crippen LogP contribution in [-0.4, -0.2) is 40.8 Å². The van der Waals surface area contributed by atoms with Crippen LogP contribution < -0.4 is 0 Å². The first-order valence-electron chi connectivity index (χ1n) is 5.61. The number of amides is 1. The van der Waals surface area contributed by atoms with Crippen LogP contribution in [-0.2, 0) is 4.79 Å². The van der Waals surface area contributed by atoms with Crippen molar-refractivity contribution in [3.63, 3.8) is 0 Å². The third-order valence-corrected chi connectivity index (χ3v) is 4.04. The number of thioether (sulfide) groups is 1. The minimum Gasteiger partial charge on any atom is -0.440 e. The average molecular weight is 294 g/mol. The molecule has 4 nitrogen and oxygen atoms in total. The van der Waals surface area contributed by atoms with Gasteiger partial charge >= 0.3 is 6.18 Å². The Bertz CT molecular complexity index is 489. The van der Waals surface area contributed by atoms with Crippen molar-refractivity contribution in [3.8, 4) is 0 Å². The van der Waals surface area contributed by atoms with Crippen molar-refractivity contribution in [3.05, 3.63) is 12.0 Å². The van der Waals surface area contributed by atoms with E-state index in [2.05, 4.69) is 4.98 Å². The number of aromatic nitrogens is 1. The van der Waals surface area contributed by atoms with Gasteiger partial charge in [-0.05, 0) is 13.8 Å². The first-order chi connectivity index (χ1) is 8.70. The molecule has 1 unspecified atom stereocenters. The van der Waals surface area contributed by atoms with Crippen LogP contribution in [0.3, 0.4) is 0 Å². The molecule has 0 aliphatic carbocycles. The van der Waals surface area contributed by atoms with E-state index in [0.717, 1.165) is 10.6 Å². The Labute approximate surface area is 112 Å². The zero-order valence-electron chi connectivity index (χ0n) is 10.5. The number of carbonyl (C=O) groups is 1. The fourth-order valence-electron chi connectivity index (χ4n) is 1.92. The number of nitrogens with zero attached hydrogens (tertiary/aromatic N) is 2. The average Bonchev–Trinajstić information content (AvgIpc) is 2.70. The highest BCUT2D eigenvalue weighted by molar-refractivity contribution is 7.99.